The molecule has 0 fully saturated rings. The van der Waals surface area contributed by atoms with E-state index >= 15 is 0 Å². The van der Waals surface area contributed by atoms with Crippen molar-refractivity contribution in [2.24, 2.45) is 5.92 Å². The van der Waals surface area contributed by atoms with Crippen molar-refractivity contribution in [3.8, 4) is 11.8 Å². The number of ether oxygens (including phenoxy) is 1. The van der Waals surface area contributed by atoms with E-state index in [9.17, 15) is 10.1 Å². The highest BCUT2D eigenvalue weighted by Gasteiger charge is 2.25. The van der Waals surface area contributed by atoms with Gasteiger partial charge < -0.3 is 10.1 Å². The summed E-state index contributed by atoms with van der Waals surface area (Å²) in [6.07, 6.45) is 7.48. The van der Waals surface area contributed by atoms with Gasteiger partial charge in [0.05, 0.1) is 12.7 Å². The van der Waals surface area contributed by atoms with E-state index in [1.807, 2.05) is 24.3 Å². The van der Waals surface area contributed by atoms with Gasteiger partial charge in [0.25, 0.3) is 0 Å². The van der Waals surface area contributed by atoms with Crippen molar-refractivity contribution in [3.05, 3.63) is 51.9 Å². The van der Waals surface area contributed by atoms with Gasteiger partial charge in [0.1, 0.15) is 16.8 Å². The smallest absolute Gasteiger partial charge is 0.249 e. The Morgan fingerprint density at radius 3 is 2.85 bits per heavy atom. The molecule has 1 atom stereocenters. The number of hydrogen-bond acceptors (Lipinski definition) is 4. The number of nitrogens with one attached hydrogen (secondary N) is 1. The first-order valence-corrected chi connectivity index (χ1v) is 9.64. The van der Waals surface area contributed by atoms with E-state index < -0.39 is 0 Å². The van der Waals surface area contributed by atoms with Crippen molar-refractivity contribution in [2.75, 3.05) is 12.4 Å². The molecular weight excluding hydrogens is 344 g/mol. The number of methoxy groups -OCH3 is 1. The van der Waals surface area contributed by atoms with Crippen LogP contribution in [-0.4, -0.2) is 13.0 Å². The summed E-state index contributed by atoms with van der Waals surface area (Å²) >= 11 is 1.56. The molecule has 5 heteroatoms. The first-order chi connectivity index (χ1) is 12.6. The maximum atomic E-state index is 12.3. The number of carbonyl (C=O) groups excluding carboxylic acids is 1. The minimum atomic E-state index is -0.219. The van der Waals surface area contributed by atoms with Crippen LogP contribution in [0, 0.1) is 17.2 Å². The summed E-state index contributed by atoms with van der Waals surface area (Å²) in [6, 6.07) is 9.76. The van der Waals surface area contributed by atoms with Crippen LogP contribution in [0.4, 0.5) is 5.00 Å². The number of thiophene rings is 1. The highest BCUT2D eigenvalue weighted by atomic mass is 32.1. The van der Waals surface area contributed by atoms with E-state index in [1.54, 1.807) is 24.5 Å². The Balaban J connectivity index is 1.72. The second kappa shape index (κ2) is 8.20. The Labute approximate surface area is 158 Å². The van der Waals surface area contributed by atoms with Crippen LogP contribution >= 0.6 is 11.3 Å². The maximum Gasteiger partial charge on any atom is 0.249 e. The van der Waals surface area contributed by atoms with Crippen molar-refractivity contribution >= 4 is 28.3 Å². The summed E-state index contributed by atoms with van der Waals surface area (Å²) < 4.78 is 5.12. The van der Waals surface area contributed by atoms with Gasteiger partial charge in [-0.2, -0.15) is 5.26 Å². The van der Waals surface area contributed by atoms with Gasteiger partial charge >= 0.3 is 0 Å². The molecule has 1 aromatic carbocycles. The third kappa shape index (κ3) is 3.97. The lowest BCUT2D eigenvalue weighted by atomic mass is 9.86. The molecule has 0 saturated carbocycles. The van der Waals surface area contributed by atoms with Crippen LogP contribution in [-0.2, 0) is 17.6 Å². The lowest BCUT2D eigenvalue weighted by Gasteiger charge is -2.20. The van der Waals surface area contributed by atoms with Crippen LogP contribution in [0.1, 0.15) is 41.3 Å². The third-order valence-corrected chi connectivity index (χ3v) is 6.01. The number of fused-ring (bicyclic) bond motifs is 1. The molecule has 1 aliphatic rings. The molecule has 3 rings (SSSR count). The molecule has 1 heterocycles. The van der Waals surface area contributed by atoms with Gasteiger partial charge in [0, 0.05) is 11.0 Å². The molecule has 1 aliphatic carbocycles. The molecular formula is C21H22N2O2S. The Morgan fingerprint density at radius 1 is 1.42 bits per heavy atom. The first-order valence-electron chi connectivity index (χ1n) is 8.82. The summed E-state index contributed by atoms with van der Waals surface area (Å²) in [6.45, 7) is 2.21. The molecule has 0 aliphatic heterocycles. The predicted octanol–water partition coefficient (Wildman–Crippen LogP) is 4.80. The summed E-state index contributed by atoms with van der Waals surface area (Å²) in [7, 11) is 1.62. The van der Waals surface area contributed by atoms with E-state index in [0.29, 0.717) is 16.5 Å². The summed E-state index contributed by atoms with van der Waals surface area (Å²) in [5.74, 6) is 1.24. The van der Waals surface area contributed by atoms with Gasteiger partial charge in [-0.05, 0) is 54.5 Å². The lowest BCUT2D eigenvalue weighted by molar-refractivity contribution is -0.111. The number of nitriles is 1. The number of benzene rings is 1. The molecule has 134 valence electrons. The second-order valence-corrected chi connectivity index (χ2v) is 7.54. The number of rotatable bonds is 5. The molecule has 0 radical (unpaired) electrons. The zero-order chi connectivity index (χ0) is 18.5. The number of carbonyl (C=O) groups is 1. The average Bonchev–Trinajstić information content (AvgIpc) is 3.02. The van der Waals surface area contributed by atoms with Gasteiger partial charge in [-0.1, -0.05) is 25.5 Å². The Morgan fingerprint density at radius 2 is 2.19 bits per heavy atom. The van der Waals surface area contributed by atoms with Gasteiger partial charge in [-0.25, -0.2) is 0 Å². The minimum absolute atomic E-state index is 0.219. The Hall–Kier alpha value is -2.58. The third-order valence-electron chi connectivity index (χ3n) is 4.84. The predicted molar refractivity (Wildman–Crippen MR) is 105 cm³/mol. The molecule has 0 spiro atoms. The number of nitrogens with zero attached hydrogens (tertiary/aromatic N) is 1. The largest absolute Gasteiger partial charge is 0.497 e. The highest BCUT2D eigenvalue weighted by molar-refractivity contribution is 7.16. The van der Waals surface area contributed by atoms with Crippen LogP contribution in [0.3, 0.4) is 0 Å². The van der Waals surface area contributed by atoms with Gasteiger partial charge in [0.2, 0.25) is 5.91 Å². The number of amides is 1. The van der Waals surface area contributed by atoms with E-state index in [4.69, 9.17) is 4.74 Å². The second-order valence-electron chi connectivity index (χ2n) is 6.43. The fourth-order valence-electron chi connectivity index (χ4n) is 3.25. The molecule has 26 heavy (non-hydrogen) atoms. The van der Waals surface area contributed by atoms with Crippen LogP contribution in [0.5, 0.6) is 5.75 Å². The highest BCUT2D eigenvalue weighted by Crippen LogP contribution is 2.39. The van der Waals surface area contributed by atoms with Crippen molar-refractivity contribution < 1.29 is 9.53 Å². The summed E-state index contributed by atoms with van der Waals surface area (Å²) in [5, 5.41) is 13.1. The summed E-state index contributed by atoms with van der Waals surface area (Å²) in [4.78, 5) is 13.5. The molecule has 2 aromatic rings. The van der Waals surface area contributed by atoms with Crippen molar-refractivity contribution in [3.63, 3.8) is 0 Å². The Bertz CT molecular complexity index is 859. The lowest BCUT2D eigenvalue weighted by Crippen LogP contribution is -2.12. The molecule has 1 N–H and O–H groups in total. The first kappa shape index (κ1) is 18.2. The van der Waals surface area contributed by atoms with Gasteiger partial charge in [-0.15, -0.1) is 11.3 Å². The topological polar surface area (TPSA) is 62.1 Å². The average molecular weight is 366 g/mol. The van der Waals surface area contributed by atoms with Crippen molar-refractivity contribution in [2.45, 2.75) is 32.6 Å². The van der Waals surface area contributed by atoms with E-state index in [1.165, 1.54) is 11.0 Å². The van der Waals surface area contributed by atoms with E-state index in [-0.39, 0.29) is 5.91 Å². The molecule has 1 unspecified atom stereocenters. The molecule has 1 amide bonds. The van der Waals surface area contributed by atoms with Gasteiger partial charge in [0.15, 0.2) is 0 Å². The summed E-state index contributed by atoms with van der Waals surface area (Å²) in [5.41, 5.74) is 2.69. The van der Waals surface area contributed by atoms with Crippen LogP contribution < -0.4 is 10.1 Å². The fourth-order valence-corrected chi connectivity index (χ4v) is 4.56. The SMILES string of the molecule is CCC1CCc2c(sc(NC(=O)/C=C/c3ccc(OC)cc3)c2C#N)C1. The zero-order valence-corrected chi connectivity index (χ0v) is 15.9. The van der Waals surface area contributed by atoms with Gasteiger partial charge in [-0.3, -0.25) is 4.79 Å². The van der Waals surface area contributed by atoms with Crippen molar-refractivity contribution in [1.82, 2.24) is 0 Å². The standard InChI is InChI=1S/C21H22N2O2S/c1-3-14-6-10-17-18(13-22)21(26-19(17)12-14)23-20(24)11-7-15-4-8-16(25-2)9-5-15/h4-5,7-9,11,14H,3,6,10,12H2,1-2H3,(H,23,24)/b11-7+. The molecule has 0 saturated heterocycles. The molecule has 1 aromatic heterocycles. The maximum absolute atomic E-state index is 12.3. The zero-order valence-electron chi connectivity index (χ0n) is 15.0. The Kier molecular flexibility index (Phi) is 5.75. The monoisotopic (exact) mass is 366 g/mol. The fraction of sp³-hybridized carbons (Fsp3) is 0.333. The quantitative estimate of drug-likeness (QED) is 0.774. The van der Waals surface area contributed by atoms with E-state index in [0.717, 1.165) is 42.6 Å². The molecule has 4 nitrogen and oxygen atoms in total. The van der Waals surface area contributed by atoms with Crippen LogP contribution in [0.15, 0.2) is 30.3 Å². The molecule has 0 bridgehead atoms. The van der Waals surface area contributed by atoms with Crippen LogP contribution in [0.2, 0.25) is 0 Å². The van der Waals surface area contributed by atoms with Crippen LogP contribution in [0.25, 0.3) is 6.08 Å². The van der Waals surface area contributed by atoms with Crippen molar-refractivity contribution in [1.29, 1.82) is 5.26 Å². The van der Waals surface area contributed by atoms with E-state index in [2.05, 4.69) is 18.3 Å². The minimum Gasteiger partial charge on any atom is -0.497 e. The number of hydrogen-bond donors (Lipinski definition) is 1. The number of anilines is 1. The normalized spacial score (nSPS) is 16.1.